The fourth-order valence-corrected chi connectivity index (χ4v) is 1.41. The van der Waals surface area contributed by atoms with Crippen LogP contribution in [0, 0.1) is 0 Å². The van der Waals surface area contributed by atoms with Crippen LogP contribution in [0.4, 0.5) is 5.69 Å². The lowest BCUT2D eigenvalue weighted by Gasteiger charge is -2.14. The number of rotatable bonds is 1. The van der Waals surface area contributed by atoms with Gasteiger partial charge in [0.05, 0.1) is 5.69 Å². The van der Waals surface area contributed by atoms with Crippen LogP contribution in [0.3, 0.4) is 0 Å². The van der Waals surface area contributed by atoms with Crippen molar-refractivity contribution in [1.29, 1.82) is 0 Å². The molecule has 0 aliphatic carbocycles. The first-order valence-corrected chi connectivity index (χ1v) is 5.25. The largest absolute Gasteiger partial charge is 0.399 e. The normalized spacial score (nSPS) is 11.7. The Balaban J connectivity index is 2.39. The van der Waals surface area contributed by atoms with Crippen LogP contribution in [0.15, 0.2) is 30.6 Å². The molecule has 2 rings (SSSR count). The number of nitrogens with two attached hydrogens (primary N) is 1. The van der Waals surface area contributed by atoms with Gasteiger partial charge < -0.3 is 5.73 Å². The van der Waals surface area contributed by atoms with Crippen LogP contribution in [0.25, 0.3) is 5.82 Å². The minimum absolute atomic E-state index is 0.0472. The van der Waals surface area contributed by atoms with Gasteiger partial charge in [-0.15, -0.1) is 0 Å². The van der Waals surface area contributed by atoms with E-state index in [1.165, 1.54) is 0 Å². The molecule has 2 N–H and O–H groups in total. The molecule has 0 amide bonds. The zero-order valence-corrected chi connectivity index (χ0v) is 9.81. The second kappa shape index (κ2) is 3.63. The molecule has 2 aromatic rings. The van der Waals surface area contributed by atoms with Gasteiger partial charge in [-0.3, -0.25) is 0 Å². The Kier molecular flexibility index (Phi) is 2.42. The molecule has 16 heavy (non-hydrogen) atoms. The summed E-state index contributed by atoms with van der Waals surface area (Å²) in [5.74, 6) is 0.746. The van der Waals surface area contributed by atoms with Crippen LogP contribution in [0.5, 0.6) is 0 Å². The monoisotopic (exact) mass is 216 g/mol. The predicted octanol–water partition coefficient (Wildman–Crippen LogP) is 2.15. The van der Waals surface area contributed by atoms with E-state index < -0.39 is 0 Å². The molecular formula is C12H16N4. The maximum absolute atomic E-state index is 5.71. The van der Waals surface area contributed by atoms with E-state index in [1.807, 2.05) is 12.3 Å². The zero-order chi connectivity index (χ0) is 11.8. The Hall–Kier alpha value is -1.84. The number of hydrogen-bond acceptors (Lipinski definition) is 3. The lowest BCUT2D eigenvalue weighted by Crippen LogP contribution is -2.12. The Bertz CT molecular complexity index is 494. The van der Waals surface area contributed by atoms with E-state index in [2.05, 4.69) is 30.9 Å². The average Bonchev–Trinajstić information content (AvgIpc) is 2.65. The van der Waals surface area contributed by atoms with Gasteiger partial charge in [0.25, 0.3) is 0 Å². The second-order valence-electron chi connectivity index (χ2n) is 4.84. The molecule has 0 fully saturated rings. The second-order valence-corrected chi connectivity index (χ2v) is 4.84. The molecule has 84 valence electrons. The highest BCUT2D eigenvalue weighted by Crippen LogP contribution is 2.20. The highest BCUT2D eigenvalue weighted by Gasteiger charge is 2.17. The van der Waals surface area contributed by atoms with E-state index in [1.54, 1.807) is 23.0 Å². The summed E-state index contributed by atoms with van der Waals surface area (Å²) in [6, 6.07) is 5.57. The number of pyridine rings is 1. The third-order valence-electron chi connectivity index (χ3n) is 2.36. The highest BCUT2D eigenvalue weighted by atomic mass is 15.3. The molecule has 0 aromatic carbocycles. The lowest BCUT2D eigenvalue weighted by molar-refractivity contribution is 0.559. The van der Waals surface area contributed by atoms with E-state index in [-0.39, 0.29) is 5.41 Å². The summed E-state index contributed by atoms with van der Waals surface area (Å²) in [6.45, 7) is 6.39. The van der Waals surface area contributed by atoms with Crippen LogP contribution in [0.1, 0.15) is 26.5 Å². The molecule has 4 nitrogen and oxygen atoms in total. The molecule has 2 heterocycles. The van der Waals surface area contributed by atoms with Gasteiger partial charge in [0.2, 0.25) is 0 Å². The van der Waals surface area contributed by atoms with Crippen molar-refractivity contribution in [2.45, 2.75) is 26.2 Å². The minimum Gasteiger partial charge on any atom is -0.399 e. The van der Waals surface area contributed by atoms with Crippen molar-refractivity contribution < 1.29 is 0 Å². The van der Waals surface area contributed by atoms with Crippen molar-refractivity contribution in [3.63, 3.8) is 0 Å². The molecule has 0 saturated carbocycles. The first-order chi connectivity index (χ1) is 7.47. The smallest absolute Gasteiger partial charge is 0.155 e. The highest BCUT2D eigenvalue weighted by molar-refractivity contribution is 5.42. The molecule has 0 unspecified atom stereocenters. The molecule has 0 aliphatic rings. The van der Waals surface area contributed by atoms with E-state index in [4.69, 9.17) is 5.73 Å². The van der Waals surface area contributed by atoms with E-state index in [0.717, 1.165) is 11.5 Å². The molecular weight excluding hydrogens is 200 g/mol. The number of nitrogens with zero attached hydrogens (tertiary/aromatic N) is 3. The fourth-order valence-electron chi connectivity index (χ4n) is 1.41. The third kappa shape index (κ3) is 2.05. The van der Waals surface area contributed by atoms with Gasteiger partial charge in [0.1, 0.15) is 0 Å². The van der Waals surface area contributed by atoms with Crippen LogP contribution in [-0.4, -0.2) is 14.8 Å². The Morgan fingerprint density at radius 3 is 2.56 bits per heavy atom. The SMILES string of the molecule is CC(C)(C)c1ccn(-c2cc(N)ccn2)n1. The first-order valence-electron chi connectivity index (χ1n) is 5.25. The maximum Gasteiger partial charge on any atom is 0.155 e. The van der Waals surface area contributed by atoms with Crippen molar-refractivity contribution in [3.05, 3.63) is 36.3 Å². The number of aromatic nitrogens is 3. The summed E-state index contributed by atoms with van der Waals surface area (Å²) in [7, 11) is 0. The van der Waals surface area contributed by atoms with Gasteiger partial charge in [-0.05, 0) is 12.1 Å². The molecule has 0 radical (unpaired) electrons. The van der Waals surface area contributed by atoms with Gasteiger partial charge >= 0.3 is 0 Å². The topological polar surface area (TPSA) is 56.7 Å². The molecule has 0 spiro atoms. The van der Waals surface area contributed by atoms with Crippen molar-refractivity contribution in [2.75, 3.05) is 5.73 Å². The van der Waals surface area contributed by atoms with Gasteiger partial charge in [-0.2, -0.15) is 5.10 Å². The van der Waals surface area contributed by atoms with Crippen molar-refractivity contribution >= 4 is 5.69 Å². The summed E-state index contributed by atoms with van der Waals surface area (Å²) in [4.78, 5) is 4.23. The Morgan fingerprint density at radius 2 is 2.00 bits per heavy atom. The van der Waals surface area contributed by atoms with Crippen LogP contribution < -0.4 is 5.73 Å². The maximum atomic E-state index is 5.71. The first kappa shape index (κ1) is 10.7. The van der Waals surface area contributed by atoms with Gasteiger partial charge in [-0.25, -0.2) is 9.67 Å². The summed E-state index contributed by atoms with van der Waals surface area (Å²) < 4.78 is 1.75. The minimum atomic E-state index is 0.0472. The molecule has 0 saturated heterocycles. The standard InChI is InChI=1S/C12H16N4/c1-12(2,3)10-5-7-16(15-10)11-8-9(13)4-6-14-11/h4-8H,1-3H3,(H2,13,14). The zero-order valence-electron chi connectivity index (χ0n) is 9.81. The molecule has 4 heteroatoms. The summed E-state index contributed by atoms with van der Waals surface area (Å²) in [5, 5.41) is 4.49. The van der Waals surface area contributed by atoms with E-state index >= 15 is 0 Å². The summed E-state index contributed by atoms with van der Waals surface area (Å²) in [6.07, 6.45) is 3.59. The Morgan fingerprint density at radius 1 is 1.25 bits per heavy atom. The van der Waals surface area contributed by atoms with Crippen molar-refractivity contribution in [1.82, 2.24) is 14.8 Å². The van der Waals surface area contributed by atoms with Crippen LogP contribution in [-0.2, 0) is 5.41 Å². The van der Waals surface area contributed by atoms with Crippen molar-refractivity contribution in [3.8, 4) is 5.82 Å². The predicted molar refractivity (Wildman–Crippen MR) is 64.5 cm³/mol. The molecule has 0 aliphatic heterocycles. The quantitative estimate of drug-likeness (QED) is 0.794. The molecule has 2 aromatic heterocycles. The Labute approximate surface area is 95.1 Å². The number of hydrogen-bond donors (Lipinski definition) is 1. The number of anilines is 1. The van der Waals surface area contributed by atoms with Gasteiger partial charge in [-0.1, -0.05) is 20.8 Å². The third-order valence-corrected chi connectivity index (χ3v) is 2.36. The van der Waals surface area contributed by atoms with E-state index in [9.17, 15) is 0 Å². The fraction of sp³-hybridized carbons (Fsp3) is 0.333. The average molecular weight is 216 g/mol. The summed E-state index contributed by atoms with van der Waals surface area (Å²) >= 11 is 0. The summed E-state index contributed by atoms with van der Waals surface area (Å²) in [5.41, 5.74) is 7.49. The van der Waals surface area contributed by atoms with Crippen molar-refractivity contribution in [2.24, 2.45) is 0 Å². The lowest BCUT2D eigenvalue weighted by atomic mass is 9.93. The van der Waals surface area contributed by atoms with Gasteiger partial charge in [0, 0.05) is 29.6 Å². The van der Waals surface area contributed by atoms with Gasteiger partial charge in [0.15, 0.2) is 5.82 Å². The van der Waals surface area contributed by atoms with E-state index in [0.29, 0.717) is 5.69 Å². The molecule has 0 bridgehead atoms. The molecule has 0 atom stereocenters. The van der Waals surface area contributed by atoms with Crippen LogP contribution >= 0.6 is 0 Å². The number of nitrogen functional groups attached to an aromatic ring is 1. The van der Waals surface area contributed by atoms with Crippen LogP contribution in [0.2, 0.25) is 0 Å².